The van der Waals surface area contributed by atoms with Crippen LogP contribution in [0.4, 0.5) is 20.2 Å². The number of amides is 1. The van der Waals surface area contributed by atoms with Crippen molar-refractivity contribution in [1.29, 1.82) is 0 Å². The Balaban J connectivity index is 1.88. The molecule has 0 saturated carbocycles. The first kappa shape index (κ1) is 24.5. The molecule has 178 valence electrons. The molecule has 3 aromatic rings. The summed E-state index contributed by atoms with van der Waals surface area (Å²) in [5.74, 6) is -3.73. The lowest BCUT2D eigenvalue weighted by Crippen LogP contribution is -2.22. The molecule has 0 aliphatic heterocycles. The van der Waals surface area contributed by atoms with Gasteiger partial charge in [-0.2, -0.15) is 5.10 Å². The van der Waals surface area contributed by atoms with Crippen LogP contribution in [0, 0.1) is 11.6 Å². The standard InChI is InChI=1S/C21H26F2N6O3S/c1-4-9-33(31,32)28-16-8-7-15(22)18(19(16)23)21(30)25-13-10-14-17(12-29(5-2)6-3)26-27-20(14)24-11-13/h7-8,10-11,28H,4-6,9,12H2,1-3H3,(H,25,30)(H,24,26,27). The van der Waals surface area contributed by atoms with Crippen molar-refractivity contribution >= 4 is 38.3 Å². The fourth-order valence-electron chi connectivity index (χ4n) is 3.32. The molecule has 1 amide bonds. The second-order valence-corrected chi connectivity index (χ2v) is 9.25. The van der Waals surface area contributed by atoms with E-state index in [0.29, 0.717) is 24.0 Å². The number of benzene rings is 1. The van der Waals surface area contributed by atoms with Crippen LogP contribution in [0.5, 0.6) is 0 Å². The summed E-state index contributed by atoms with van der Waals surface area (Å²) < 4.78 is 55.2. The monoisotopic (exact) mass is 480 g/mol. The number of anilines is 2. The van der Waals surface area contributed by atoms with Crippen molar-refractivity contribution < 1.29 is 22.0 Å². The van der Waals surface area contributed by atoms with Crippen LogP contribution in [0.1, 0.15) is 43.2 Å². The number of pyridine rings is 1. The lowest BCUT2D eigenvalue weighted by Gasteiger charge is -2.16. The molecule has 0 bridgehead atoms. The summed E-state index contributed by atoms with van der Waals surface area (Å²) >= 11 is 0. The zero-order chi connectivity index (χ0) is 24.2. The minimum atomic E-state index is -3.83. The van der Waals surface area contributed by atoms with Gasteiger partial charge in [0.2, 0.25) is 10.0 Å². The maximum atomic E-state index is 14.9. The van der Waals surface area contributed by atoms with Gasteiger partial charge in [0, 0.05) is 11.9 Å². The summed E-state index contributed by atoms with van der Waals surface area (Å²) in [7, 11) is -3.83. The molecule has 0 fully saturated rings. The van der Waals surface area contributed by atoms with Crippen molar-refractivity contribution in [3.8, 4) is 0 Å². The first-order valence-corrected chi connectivity index (χ1v) is 12.2. The average Bonchev–Trinajstić information content (AvgIpc) is 3.16. The molecule has 3 rings (SSSR count). The van der Waals surface area contributed by atoms with Crippen molar-refractivity contribution in [2.45, 2.75) is 33.7 Å². The van der Waals surface area contributed by atoms with Crippen LogP contribution in [-0.4, -0.2) is 53.2 Å². The predicted molar refractivity (Wildman–Crippen MR) is 123 cm³/mol. The third-order valence-corrected chi connectivity index (χ3v) is 6.55. The van der Waals surface area contributed by atoms with Gasteiger partial charge >= 0.3 is 0 Å². The second kappa shape index (κ2) is 10.2. The zero-order valence-electron chi connectivity index (χ0n) is 18.6. The lowest BCUT2D eigenvalue weighted by atomic mass is 10.1. The van der Waals surface area contributed by atoms with E-state index in [1.165, 1.54) is 6.20 Å². The van der Waals surface area contributed by atoms with Crippen LogP contribution in [-0.2, 0) is 16.6 Å². The van der Waals surface area contributed by atoms with Gasteiger partial charge in [-0.15, -0.1) is 0 Å². The summed E-state index contributed by atoms with van der Waals surface area (Å²) in [6.45, 7) is 7.92. The molecule has 33 heavy (non-hydrogen) atoms. The van der Waals surface area contributed by atoms with Crippen molar-refractivity contribution in [1.82, 2.24) is 20.1 Å². The van der Waals surface area contributed by atoms with Gasteiger partial charge in [0.25, 0.3) is 5.91 Å². The van der Waals surface area contributed by atoms with Gasteiger partial charge in [-0.05, 0) is 37.7 Å². The van der Waals surface area contributed by atoms with E-state index in [0.717, 1.165) is 30.9 Å². The Kier molecular flexibility index (Phi) is 7.59. The van der Waals surface area contributed by atoms with E-state index in [-0.39, 0.29) is 11.4 Å². The molecule has 2 heterocycles. The molecule has 9 nitrogen and oxygen atoms in total. The predicted octanol–water partition coefficient (Wildman–Crippen LogP) is 3.48. The molecule has 0 unspecified atom stereocenters. The summed E-state index contributed by atoms with van der Waals surface area (Å²) in [5, 5.41) is 10.2. The molecular formula is C21H26F2N6O3S. The number of hydrogen-bond acceptors (Lipinski definition) is 6. The van der Waals surface area contributed by atoms with E-state index in [2.05, 4.69) is 30.1 Å². The maximum Gasteiger partial charge on any atom is 0.261 e. The number of nitrogens with zero attached hydrogens (tertiary/aromatic N) is 3. The molecule has 0 saturated heterocycles. The normalized spacial score (nSPS) is 11.8. The minimum Gasteiger partial charge on any atom is -0.320 e. The summed E-state index contributed by atoms with van der Waals surface area (Å²) in [6.07, 6.45) is 1.65. The smallest absolute Gasteiger partial charge is 0.261 e. The number of fused-ring (bicyclic) bond motifs is 1. The fraction of sp³-hybridized carbons (Fsp3) is 0.381. The van der Waals surface area contributed by atoms with Crippen LogP contribution in [0.3, 0.4) is 0 Å². The first-order valence-electron chi connectivity index (χ1n) is 10.5. The van der Waals surface area contributed by atoms with Crippen molar-refractivity contribution in [3.05, 3.63) is 47.3 Å². The Hall–Kier alpha value is -3.12. The van der Waals surface area contributed by atoms with Gasteiger partial charge in [0.1, 0.15) is 11.4 Å². The Labute approximate surface area is 190 Å². The highest BCUT2D eigenvalue weighted by Crippen LogP contribution is 2.25. The Morgan fingerprint density at radius 2 is 1.91 bits per heavy atom. The lowest BCUT2D eigenvalue weighted by molar-refractivity contribution is 0.101. The molecule has 3 N–H and O–H groups in total. The van der Waals surface area contributed by atoms with E-state index < -0.39 is 38.8 Å². The number of aromatic nitrogens is 3. The van der Waals surface area contributed by atoms with E-state index in [4.69, 9.17) is 0 Å². The Bertz CT molecular complexity index is 1260. The number of carbonyl (C=O) groups is 1. The summed E-state index contributed by atoms with van der Waals surface area (Å²) in [4.78, 5) is 19.1. The number of sulfonamides is 1. The van der Waals surface area contributed by atoms with Crippen molar-refractivity contribution in [2.24, 2.45) is 0 Å². The van der Waals surface area contributed by atoms with Crippen molar-refractivity contribution in [2.75, 3.05) is 28.9 Å². The number of aromatic amines is 1. The van der Waals surface area contributed by atoms with Crippen LogP contribution in [0.2, 0.25) is 0 Å². The molecule has 12 heteroatoms. The third-order valence-electron chi connectivity index (χ3n) is 5.08. The molecule has 0 aliphatic rings. The summed E-state index contributed by atoms with van der Waals surface area (Å²) in [5.41, 5.74) is 0.0505. The fourth-order valence-corrected chi connectivity index (χ4v) is 4.45. The van der Waals surface area contributed by atoms with E-state index in [1.54, 1.807) is 13.0 Å². The van der Waals surface area contributed by atoms with Gasteiger partial charge < -0.3 is 5.32 Å². The molecule has 0 atom stereocenters. The largest absolute Gasteiger partial charge is 0.320 e. The highest BCUT2D eigenvalue weighted by Gasteiger charge is 2.23. The average molecular weight is 481 g/mol. The molecule has 0 aliphatic carbocycles. The topological polar surface area (TPSA) is 120 Å². The zero-order valence-corrected chi connectivity index (χ0v) is 19.4. The molecule has 1 aromatic carbocycles. The first-order chi connectivity index (χ1) is 15.7. The number of nitrogens with one attached hydrogen (secondary N) is 3. The van der Waals surface area contributed by atoms with Gasteiger partial charge in [-0.3, -0.25) is 19.5 Å². The minimum absolute atomic E-state index is 0.213. The highest BCUT2D eigenvalue weighted by molar-refractivity contribution is 7.92. The number of H-pyrrole nitrogens is 1. The quantitative estimate of drug-likeness (QED) is 0.409. The SMILES string of the molecule is CCCS(=O)(=O)Nc1ccc(F)c(C(=O)Nc2cnc3[nH]nc(CN(CC)CC)c3c2)c1F. The maximum absolute atomic E-state index is 14.9. The Morgan fingerprint density at radius 1 is 1.18 bits per heavy atom. The third kappa shape index (κ3) is 5.63. The molecule has 0 spiro atoms. The van der Waals surface area contributed by atoms with Crippen LogP contribution < -0.4 is 10.0 Å². The van der Waals surface area contributed by atoms with Crippen LogP contribution in [0.25, 0.3) is 11.0 Å². The second-order valence-electron chi connectivity index (χ2n) is 7.41. The summed E-state index contributed by atoms with van der Waals surface area (Å²) in [6, 6.07) is 3.39. The van der Waals surface area contributed by atoms with Gasteiger partial charge in [-0.1, -0.05) is 20.8 Å². The van der Waals surface area contributed by atoms with Crippen molar-refractivity contribution in [3.63, 3.8) is 0 Å². The molecule has 2 aromatic heterocycles. The molecular weight excluding hydrogens is 454 g/mol. The molecule has 0 radical (unpaired) electrons. The number of carbonyl (C=O) groups excluding carboxylic acids is 1. The van der Waals surface area contributed by atoms with E-state index in [9.17, 15) is 22.0 Å². The van der Waals surface area contributed by atoms with E-state index >= 15 is 0 Å². The van der Waals surface area contributed by atoms with Crippen LogP contribution >= 0.6 is 0 Å². The van der Waals surface area contributed by atoms with E-state index in [1.807, 2.05) is 13.8 Å². The number of halogens is 2. The van der Waals surface area contributed by atoms with Gasteiger partial charge in [0.05, 0.1) is 29.0 Å². The van der Waals surface area contributed by atoms with Gasteiger partial charge in [0.15, 0.2) is 11.5 Å². The van der Waals surface area contributed by atoms with Gasteiger partial charge in [-0.25, -0.2) is 22.2 Å². The number of rotatable bonds is 10. The highest BCUT2D eigenvalue weighted by atomic mass is 32.2. The number of hydrogen-bond donors (Lipinski definition) is 3. The van der Waals surface area contributed by atoms with Crippen LogP contribution in [0.15, 0.2) is 24.4 Å². The Morgan fingerprint density at radius 3 is 2.58 bits per heavy atom.